The van der Waals surface area contributed by atoms with Gasteiger partial charge in [-0.2, -0.15) is 0 Å². The molecule has 0 saturated carbocycles. The van der Waals surface area contributed by atoms with Crippen LogP contribution in [0, 0.1) is 16.0 Å². The average molecular weight is 639 g/mol. The molecule has 3 atom stereocenters. The molecule has 1 fully saturated rings. The van der Waals surface area contributed by atoms with Gasteiger partial charge in [0.25, 0.3) is 11.6 Å². The third-order valence-electron chi connectivity index (χ3n) is 8.72. The van der Waals surface area contributed by atoms with E-state index in [1.54, 1.807) is 48.1 Å². The Morgan fingerprint density at radius 1 is 1.11 bits per heavy atom. The van der Waals surface area contributed by atoms with Gasteiger partial charge in [0.05, 0.1) is 41.9 Å². The lowest BCUT2D eigenvalue weighted by atomic mass is 9.82. The molecule has 3 heterocycles. The molecule has 0 spiro atoms. The quantitative estimate of drug-likeness (QED) is 0.131. The molecule has 1 aromatic heterocycles. The van der Waals surface area contributed by atoms with Crippen LogP contribution in [0.2, 0.25) is 0 Å². The van der Waals surface area contributed by atoms with Crippen molar-refractivity contribution in [2.45, 2.75) is 38.0 Å². The third kappa shape index (κ3) is 6.10. The summed E-state index contributed by atoms with van der Waals surface area (Å²) < 4.78 is 6.68. The second-order valence-electron chi connectivity index (χ2n) is 11.6. The summed E-state index contributed by atoms with van der Waals surface area (Å²) in [4.78, 5) is 39.9. The Hall–Kier alpha value is -5.40. The smallest absolute Gasteiger partial charge is 0.414 e. The highest BCUT2D eigenvalue weighted by atomic mass is 16.6. The molecule has 0 radical (unpaired) electrons. The SMILES string of the molecule is C[C@@H](/C=C/CCn1cc(C(CO)c2ccccc2)nn1)[C@]1(O)C(=O)N(Cc2ccc(N3CCOC3=O)cc2)c2ccc([N+](=O)[O-])cc21. The van der Waals surface area contributed by atoms with Gasteiger partial charge >= 0.3 is 6.09 Å². The summed E-state index contributed by atoms with van der Waals surface area (Å²) in [6, 6.07) is 20.8. The number of aliphatic hydroxyl groups excluding tert-OH is 1. The second-order valence-corrected chi connectivity index (χ2v) is 11.6. The van der Waals surface area contributed by atoms with Crippen molar-refractivity contribution in [1.29, 1.82) is 0 Å². The summed E-state index contributed by atoms with van der Waals surface area (Å²) in [5.74, 6) is -1.61. The molecule has 0 bridgehead atoms. The second kappa shape index (κ2) is 13.1. The van der Waals surface area contributed by atoms with E-state index in [1.165, 1.54) is 28.0 Å². The first-order valence-electron chi connectivity index (χ1n) is 15.3. The molecule has 3 aromatic carbocycles. The fraction of sp³-hybridized carbons (Fsp3) is 0.294. The maximum atomic E-state index is 14.0. The van der Waals surface area contributed by atoms with Crippen molar-refractivity contribution in [2.24, 2.45) is 5.92 Å². The standard InChI is InChI=1S/C34H34N6O7/c1-23(7-5-6-16-37-21-30(35-36-37)28(22-41)25-8-3-2-4-9-25)34(44)29-19-27(40(45)46)14-15-31(29)39(32(34)42)20-24-10-12-26(13-11-24)38-17-18-47-33(38)43/h2-5,7-15,19,21,23,28,41,44H,6,16-18,20,22H2,1H3/b7-5+/t23-,28?,34+/m0/s1. The molecule has 2 amide bonds. The Kier molecular flexibility index (Phi) is 8.83. The molecule has 4 aromatic rings. The molecule has 2 aliphatic heterocycles. The minimum atomic E-state index is -2.04. The number of benzene rings is 3. The van der Waals surface area contributed by atoms with E-state index in [0.29, 0.717) is 43.2 Å². The van der Waals surface area contributed by atoms with Crippen molar-refractivity contribution in [1.82, 2.24) is 15.0 Å². The van der Waals surface area contributed by atoms with Crippen molar-refractivity contribution >= 4 is 29.1 Å². The molecule has 2 N–H and O–H groups in total. The number of allylic oxidation sites excluding steroid dienone is 1. The number of aliphatic hydroxyl groups is 2. The summed E-state index contributed by atoms with van der Waals surface area (Å²) >= 11 is 0. The Morgan fingerprint density at radius 2 is 1.87 bits per heavy atom. The van der Waals surface area contributed by atoms with E-state index >= 15 is 0 Å². The van der Waals surface area contributed by atoms with Gasteiger partial charge in [0, 0.05) is 42.0 Å². The Labute approximate surface area is 270 Å². The lowest BCUT2D eigenvalue weighted by molar-refractivity contribution is -0.385. The fourth-order valence-electron chi connectivity index (χ4n) is 6.08. The number of aryl methyl sites for hydroxylation is 1. The van der Waals surface area contributed by atoms with Gasteiger partial charge in [0.2, 0.25) is 0 Å². The van der Waals surface area contributed by atoms with Gasteiger partial charge in [0.15, 0.2) is 5.60 Å². The first-order chi connectivity index (χ1) is 22.7. The van der Waals surface area contributed by atoms with Crippen LogP contribution in [0.15, 0.2) is 91.1 Å². The van der Waals surface area contributed by atoms with E-state index < -0.39 is 28.4 Å². The van der Waals surface area contributed by atoms with Gasteiger partial charge in [-0.25, -0.2) is 4.79 Å². The zero-order valence-corrected chi connectivity index (χ0v) is 25.7. The Morgan fingerprint density at radius 3 is 2.55 bits per heavy atom. The number of amides is 2. The molecule has 1 unspecified atom stereocenters. The minimum absolute atomic E-state index is 0.107. The summed E-state index contributed by atoms with van der Waals surface area (Å²) in [6.45, 7) is 2.94. The molecule has 0 aliphatic carbocycles. The number of hydrogen-bond donors (Lipinski definition) is 2. The zero-order chi connectivity index (χ0) is 33.1. The van der Waals surface area contributed by atoms with Gasteiger partial charge in [-0.1, -0.05) is 66.8 Å². The molecule has 2 aliphatic rings. The lowest BCUT2D eigenvalue weighted by Crippen LogP contribution is -2.44. The Bertz CT molecular complexity index is 1810. The molecule has 242 valence electrons. The number of carbonyl (C=O) groups excluding carboxylic acids is 2. The normalized spacial score (nSPS) is 18.9. The largest absolute Gasteiger partial charge is 0.447 e. The third-order valence-corrected chi connectivity index (χ3v) is 8.72. The van der Waals surface area contributed by atoms with E-state index in [9.17, 15) is 29.9 Å². The van der Waals surface area contributed by atoms with Crippen LogP contribution < -0.4 is 9.80 Å². The van der Waals surface area contributed by atoms with E-state index in [1.807, 2.05) is 36.4 Å². The number of nitrogens with zero attached hydrogens (tertiary/aromatic N) is 6. The van der Waals surface area contributed by atoms with Gasteiger partial charge in [-0.15, -0.1) is 5.10 Å². The van der Waals surface area contributed by atoms with Crippen LogP contribution in [0.4, 0.5) is 21.9 Å². The van der Waals surface area contributed by atoms with Crippen molar-refractivity contribution < 1.29 is 29.5 Å². The molecule has 6 rings (SSSR count). The highest BCUT2D eigenvalue weighted by Crippen LogP contribution is 2.47. The maximum absolute atomic E-state index is 14.0. The van der Waals surface area contributed by atoms with E-state index in [-0.39, 0.29) is 30.3 Å². The van der Waals surface area contributed by atoms with Crippen LogP contribution in [0.1, 0.15) is 41.6 Å². The van der Waals surface area contributed by atoms with E-state index in [0.717, 1.165) is 11.1 Å². The number of non-ortho nitro benzene ring substituents is 1. The first-order valence-corrected chi connectivity index (χ1v) is 15.3. The molecular weight excluding hydrogens is 604 g/mol. The number of carbonyl (C=O) groups is 2. The maximum Gasteiger partial charge on any atom is 0.414 e. The van der Waals surface area contributed by atoms with Crippen LogP contribution in [-0.2, 0) is 28.2 Å². The fourth-order valence-corrected chi connectivity index (χ4v) is 6.08. The number of fused-ring (bicyclic) bond motifs is 1. The van der Waals surface area contributed by atoms with Crippen molar-refractivity contribution in [3.8, 4) is 0 Å². The number of nitro groups is 1. The highest BCUT2D eigenvalue weighted by molar-refractivity contribution is 6.07. The van der Waals surface area contributed by atoms with Gasteiger partial charge < -0.3 is 19.8 Å². The average Bonchev–Trinajstić information content (AvgIpc) is 3.79. The minimum Gasteiger partial charge on any atom is -0.447 e. The number of anilines is 2. The Balaban J connectivity index is 1.17. The number of ether oxygens (including phenoxy) is 1. The topological polar surface area (TPSA) is 164 Å². The van der Waals surface area contributed by atoms with Crippen LogP contribution in [0.25, 0.3) is 0 Å². The van der Waals surface area contributed by atoms with Crippen LogP contribution in [0.5, 0.6) is 0 Å². The van der Waals surface area contributed by atoms with Crippen molar-refractivity contribution in [2.75, 3.05) is 29.6 Å². The van der Waals surface area contributed by atoms with Gasteiger partial charge in [0.1, 0.15) is 6.61 Å². The van der Waals surface area contributed by atoms with Crippen LogP contribution in [-0.4, -0.2) is 61.9 Å². The molecule has 13 nitrogen and oxygen atoms in total. The van der Waals surface area contributed by atoms with Crippen molar-refractivity contribution in [3.63, 3.8) is 0 Å². The van der Waals surface area contributed by atoms with Gasteiger partial charge in [-0.3, -0.25) is 24.5 Å². The van der Waals surface area contributed by atoms with Crippen LogP contribution in [0.3, 0.4) is 0 Å². The number of aromatic nitrogens is 3. The predicted octanol–water partition coefficient (Wildman–Crippen LogP) is 4.28. The van der Waals surface area contributed by atoms with Gasteiger partial charge in [-0.05, 0) is 35.7 Å². The summed E-state index contributed by atoms with van der Waals surface area (Å²) in [5.41, 5.74) is 1.29. The summed E-state index contributed by atoms with van der Waals surface area (Å²) in [7, 11) is 0. The highest BCUT2D eigenvalue weighted by Gasteiger charge is 2.53. The summed E-state index contributed by atoms with van der Waals surface area (Å²) in [6.07, 6.45) is 5.44. The molecular formula is C34H34N6O7. The molecule has 47 heavy (non-hydrogen) atoms. The van der Waals surface area contributed by atoms with E-state index in [2.05, 4.69) is 10.3 Å². The number of nitro benzene ring substituents is 1. The van der Waals surface area contributed by atoms with Crippen LogP contribution >= 0.6 is 0 Å². The number of hydrogen-bond acceptors (Lipinski definition) is 9. The van der Waals surface area contributed by atoms with E-state index in [4.69, 9.17) is 4.74 Å². The monoisotopic (exact) mass is 638 g/mol. The van der Waals surface area contributed by atoms with Crippen molar-refractivity contribution in [3.05, 3.63) is 124 Å². The summed E-state index contributed by atoms with van der Waals surface area (Å²) in [5, 5.41) is 42.0. The molecule has 13 heteroatoms. The first kappa shape index (κ1) is 31.6. The molecule has 1 saturated heterocycles. The predicted molar refractivity (Wildman–Crippen MR) is 172 cm³/mol. The zero-order valence-electron chi connectivity index (χ0n) is 25.7. The number of rotatable bonds is 12. The number of cyclic esters (lactones) is 1. The lowest BCUT2D eigenvalue weighted by Gasteiger charge is -2.27.